The van der Waals surface area contributed by atoms with Crippen LogP contribution in [-0.4, -0.2) is 31.7 Å². The summed E-state index contributed by atoms with van der Waals surface area (Å²) in [6, 6.07) is 19.5. The van der Waals surface area contributed by atoms with Crippen LogP contribution in [0.2, 0.25) is 0 Å². The van der Waals surface area contributed by atoms with Gasteiger partial charge in [-0.3, -0.25) is 19.6 Å². The maximum atomic E-state index is 13.2. The first-order valence-corrected chi connectivity index (χ1v) is 10.2. The molecule has 0 radical (unpaired) electrons. The molecule has 2 aromatic heterocycles. The Morgan fingerprint density at radius 1 is 0.844 bits per heavy atom. The van der Waals surface area contributed by atoms with Crippen molar-refractivity contribution in [1.29, 1.82) is 0 Å². The Kier molecular flexibility index (Phi) is 4.95. The third-order valence-corrected chi connectivity index (χ3v) is 5.71. The Hall–Kier alpha value is -4.32. The molecule has 6 nitrogen and oxygen atoms in total. The van der Waals surface area contributed by atoms with Gasteiger partial charge in [-0.2, -0.15) is 0 Å². The molecular formula is C26H19N3O3. The van der Waals surface area contributed by atoms with Gasteiger partial charge >= 0.3 is 0 Å². The second-order valence-electron chi connectivity index (χ2n) is 7.59. The summed E-state index contributed by atoms with van der Waals surface area (Å²) in [6.45, 7) is 0.215. The summed E-state index contributed by atoms with van der Waals surface area (Å²) in [4.78, 5) is 35.9. The van der Waals surface area contributed by atoms with E-state index in [-0.39, 0.29) is 17.9 Å². The summed E-state index contributed by atoms with van der Waals surface area (Å²) in [5.41, 5.74) is 2.14. The summed E-state index contributed by atoms with van der Waals surface area (Å²) in [6.07, 6.45) is 6.51. The smallest absolute Gasteiger partial charge is 0.295 e. The quantitative estimate of drug-likeness (QED) is 0.303. The maximum absolute atomic E-state index is 13.2. The molecule has 1 aliphatic heterocycles. The van der Waals surface area contributed by atoms with Gasteiger partial charge in [0.05, 0.1) is 11.6 Å². The van der Waals surface area contributed by atoms with E-state index in [1.54, 1.807) is 55.1 Å². The number of Topliss-reactive ketones (excluding diaryl/α,β-unsaturated/α-hetero) is 1. The molecule has 3 heterocycles. The molecule has 1 unspecified atom stereocenters. The van der Waals surface area contributed by atoms with Crippen molar-refractivity contribution < 1.29 is 14.7 Å². The number of likely N-dealkylation sites (tertiary alicyclic amines) is 1. The summed E-state index contributed by atoms with van der Waals surface area (Å²) in [7, 11) is 0. The standard InChI is InChI=1S/C26H19N3O3/c30-24(21-7-3-5-18-4-1-2-6-20(18)21)22-23(19-10-14-28-15-11-19)29(26(32)25(22)31)16-17-8-12-27-13-9-17/h1-15,23,30H,16H2/b24-22-. The van der Waals surface area contributed by atoms with E-state index in [0.717, 1.165) is 16.3 Å². The number of carbonyl (C=O) groups excluding carboxylic acids is 2. The number of amides is 1. The average Bonchev–Trinajstić information content (AvgIpc) is 3.09. The lowest BCUT2D eigenvalue weighted by atomic mass is 9.94. The van der Waals surface area contributed by atoms with Gasteiger partial charge in [0.15, 0.2) is 0 Å². The number of aliphatic hydroxyl groups excluding tert-OH is 1. The van der Waals surface area contributed by atoms with Crippen LogP contribution in [0, 0.1) is 0 Å². The molecule has 0 saturated carbocycles. The molecule has 1 fully saturated rings. The lowest BCUT2D eigenvalue weighted by molar-refractivity contribution is -0.140. The lowest BCUT2D eigenvalue weighted by Gasteiger charge is -2.25. The molecule has 1 N–H and O–H groups in total. The highest BCUT2D eigenvalue weighted by atomic mass is 16.3. The van der Waals surface area contributed by atoms with Gasteiger partial charge in [-0.25, -0.2) is 0 Å². The molecule has 1 atom stereocenters. The Labute approximate surface area is 184 Å². The first kappa shape index (κ1) is 19.6. The van der Waals surface area contributed by atoms with Crippen LogP contribution in [0.4, 0.5) is 0 Å². The minimum atomic E-state index is -0.731. The second kappa shape index (κ2) is 8.07. The molecule has 0 bridgehead atoms. The van der Waals surface area contributed by atoms with Gasteiger partial charge in [0.25, 0.3) is 11.7 Å². The van der Waals surface area contributed by atoms with E-state index in [1.165, 1.54) is 4.90 Å². The monoisotopic (exact) mass is 421 g/mol. The van der Waals surface area contributed by atoms with Gasteiger partial charge in [-0.1, -0.05) is 42.5 Å². The predicted molar refractivity (Wildman–Crippen MR) is 120 cm³/mol. The molecular weight excluding hydrogens is 402 g/mol. The lowest BCUT2D eigenvalue weighted by Crippen LogP contribution is -2.29. The van der Waals surface area contributed by atoms with Crippen molar-refractivity contribution in [3.63, 3.8) is 0 Å². The van der Waals surface area contributed by atoms with Crippen molar-refractivity contribution >= 4 is 28.2 Å². The van der Waals surface area contributed by atoms with Crippen molar-refractivity contribution in [3.8, 4) is 0 Å². The SMILES string of the molecule is O=C1C(=O)N(Cc2ccncc2)C(c2ccncc2)/C1=C(/O)c1cccc2ccccc12. The second-order valence-corrected chi connectivity index (χ2v) is 7.59. The molecule has 1 saturated heterocycles. The molecule has 6 heteroatoms. The highest BCUT2D eigenvalue weighted by molar-refractivity contribution is 6.46. The number of carbonyl (C=O) groups is 2. The van der Waals surface area contributed by atoms with Crippen LogP contribution in [0.15, 0.2) is 97.1 Å². The summed E-state index contributed by atoms with van der Waals surface area (Å²) >= 11 is 0. The molecule has 5 rings (SSSR count). The molecule has 0 spiro atoms. The van der Waals surface area contributed by atoms with Crippen molar-refractivity contribution in [1.82, 2.24) is 14.9 Å². The number of hydrogen-bond acceptors (Lipinski definition) is 5. The zero-order chi connectivity index (χ0) is 22.1. The van der Waals surface area contributed by atoms with E-state index in [4.69, 9.17) is 0 Å². The highest BCUT2D eigenvalue weighted by Gasteiger charge is 2.46. The summed E-state index contributed by atoms with van der Waals surface area (Å²) in [5.74, 6) is -1.53. The van der Waals surface area contributed by atoms with Crippen molar-refractivity contribution in [3.05, 3.63) is 114 Å². The highest BCUT2D eigenvalue weighted by Crippen LogP contribution is 2.41. The van der Waals surface area contributed by atoms with Crippen LogP contribution in [-0.2, 0) is 16.1 Å². The van der Waals surface area contributed by atoms with Gasteiger partial charge in [-0.05, 0) is 46.2 Å². The fourth-order valence-electron chi connectivity index (χ4n) is 4.20. The molecule has 4 aromatic rings. The van der Waals surface area contributed by atoms with Crippen molar-refractivity contribution in [2.24, 2.45) is 0 Å². The van der Waals surface area contributed by atoms with Gasteiger partial charge in [-0.15, -0.1) is 0 Å². The minimum Gasteiger partial charge on any atom is -0.507 e. The van der Waals surface area contributed by atoms with Crippen LogP contribution in [0.25, 0.3) is 16.5 Å². The van der Waals surface area contributed by atoms with E-state index < -0.39 is 17.7 Å². The number of aliphatic hydroxyl groups is 1. The third kappa shape index (κ3) is 3.32. The van der Waals surface area contributed by atoms with E-state index in [2.05, 4.69) is 9.97 Å². The molecule has 1 amide bonds. The van der Waals surface area contributed by atoms with E-state index in [1.807, 2.05) is 36.4 Å². The van der Waals surface area contributed by atoms with Crippen molar-refractivity contribution in [2.45, 2.75) is 12.6 Å². The number of aromatic nitrogens is 2. The van der Waals surface area contributed by atoms with Crippen LogP contribution in [0.1, 0.15) is 22.7 Å². The van der Waals surface area contributed by atoms with Gasteiger partial charge in [0.1, 0.15) is 5.76 Å². The van der Waals surface area contributed by atoms with E-state index in [9.17, 15) is 14.7 Å². The molecule has 156 valence electrons. The topological polar surface area (TPSA) is 83.4 Å². The summed E-state index contributed by atoms with van der Waals surface area (Å²) in [5, 5.41) is 13.1. The number of ketones is 1. The minimum absolute atomic E-state index is 0.0756. The Morgan fingerprint density at radius 2 is 1.50 bits per heavy atom. The summed E-state index contributed by atoms with van der Waals surface area (Å²) < 4.78 is 0. The van der Waals surface area contributed by atoms with Gasteiger partial charge in [0.2, 0.25) is 0 Å². The zero-order valence-electron chi connectivity index (χ0n) is 17.1. The number of fused-ring (bicyclic) bond motifs is 1. The largest absolute Gasteiger partial charge is 0.507 e. The van der Waals surface area contributed by atoms with E-state index in [0.29, 0.717) is 11.1 Å². The molecule has 1 aliphatic rings. The Bertz CT molecular complexity index is 1350. The van der Waals surface area contributed by atoms with Crippen LogP contribution in [0.5, 0.6) is 0 Å². The average molecular weight is 421 g/mol. The molecule has 2 aromatic carbocycles. The first-order chi connectivity index (χ1) is 15.6. The molecule has 32 heavy (non-hydrogen) atoms. The Morgan fingerprint density at radius 3 is 2.25 bits per heavy atom. The first-order valence-electron chi connectivity index (χ1n) is 10.2. The van der Waals surface area contributed by atoms with Crippen LogP contribution in [0.3, 0.4) is 0 Å². The van der Waals surface area contributed by atoms with Crippen LogP contribution >= 0.6 is 0 Å². The van der Waals surface area contributed by atoms with Gasteiger partial charge < -0.3 is 10.0 Å². The van der Waals surface area contributed by atoms with E-state index >= 15 is 0 Å². The number of pyridine rings is 2. The number of rotatable bonds is 4. The van der Waals surface area contributed by atoms with Gasteiger partial charge in [0, 0.05) is 36.9 Å². The normalized spacial score (nSPS) is 17.8. The van der Waals surface area contributed by atoms with Crippen molar-refractivity contribution in [2.75, 3.05) is 0 Å². The van der Waals surface area contributed by atoms with Crippen LogP contribution < -0.4 is 0 Å². The third-order valence-electron chi connectivity index (χ3n) is 5.71. The number of hydrogen-bond donors (Lipinski definition) is 1. The predicted octanol–water partition coefficient (Wildman–Crippen LogP) is 4.25. The number of benzene rings is 2. The maximum Gasteiger partial charge on any atom is 0.295 e. The fraction of sp³-hybridized carbons (Fsp3) is 0.0769. The fourth-order valence-corrected chi connectivity index (χ4v) is 4.20. The zero-order valence-corrected chi connectivity index (χ0v) is 17.1. The Balaban J connectivity index is 1.70. The molecule has 0 aliphatic carbocycles. The number of nitrogens with zero attached hydrogens (tertiary/aromatic N) is 3.